The molecular formula is C15H18F2O2. The molecule has 1 aromatic carbocycles. The van der Waals surface area contributed by atoms with Crippen molar-refractivity contribution in [2.75, 3.05) is 0 Å². The van der Waals surface area contributed by atoms with E-state index in [0.717, 1.165) is 12.8 Å². The van der Waals surface area contributed by atoms with Crippen LogP contribution < -0.4 is 4.74 Å². The SMILES string of the molecule is O=C(CC1CCCCC1)c1cccc(OC(F)F)c1. The minimum absolute atomic E-state index is 0.0200. The van der Waals surface area contributed by atoms with Crippen LogP contribution in [0.3, 0.4) is 0 Å². The van der Waals surface area contributed by atoms with E-state index in [1.165, 1.54) is 31.4 Å². The highest BCUT2D eigenvalue weighted by Crippen LogP contribution is 2.28. The molecule has 0 unspecified atom stereocenters. The molecule has 0 atom stereocenters. The summed E-state index contributed by atoms with van der Waals surface area (Å²) < 4.78 is 28.5. The van der Waals surface area contributed by atoms with Gasteiger partial charge in [-0.2, -0.15) is 8.78 Å². The first-order valence-corrected chi connectivity index (χ1v) is 6.73. The number of Topliss-reactive ketones (excluding diaryl/α,β-unsaturated/α-hetero) is 1. The summed E-state index contributed by atoms with van der Waals surface area (Å²) in [4.78, 5) is 12.1. The Bertz CT molecular complexity index is 426. The average molecular weight is 268 g/mol. The Hall–Kier alpha value is -1.45. The van der Waals surface area contributed by atoms with Crippen molar-refractivity contribution in [1.82, 2.24) is 0 Å². The van der Waals surface area contributed by atoms with Crippen molar-refractivity contribution < 1.29 is 18.3 Å². The van der Waals surface area contributed by atoms with Crippen molar-refractivity contribution in [3.8, 4) is 5.75 Å². The fourth-order valence-corrected chi connectivity index (χ4v) is 2.62. The van der Waals surface area contributed by atoms with Crippen LogP contribution in [0.4, 0.5) is 8.78 Å². The van der Waals surface area contributed by atoms with Crippen LogP contribution in [0.15, 0.2) is 24.3 Å². The van der Waals surface area contributed by atoms with Crippen LogP contribution >= 0.6 is 0 Å². The van der Waals surface area contributed by atoms with E-state index in [1.807, 2.05) is 0 Å². The summed E-state index contributed by atoms with van der Waals surface area (Å²) in [6.45, 7) is -2.86. The zero-order chi connectivity index (χ0) is 13.7. The molecule has 1 aromatic rings. The number of hydrogen-bond acceptors (Lipinski definition) is 2. The summed E-state index contributed by atoms with van der Waals surface area (Å²) in [6, 6.07) is 6.07. The van der Waals surface area contributed by atoms with Crippen LogP contribution in [0.5, 0.6) is 5.75 Å². The molecule has 0 bridgehead atoms. The minimum atomic E-state index is -2.86. The number of alkyl halides is 2. The van der Waals surface area contributed by atoms with E-state index >= 15 is 0 Å². The molecule has 0 aromatic heterocycles. The summed E-state index contributed by atoms with van der Waals surface area (Å²) in [5.41, 5.74) is 0.462. The van der Waals surface area contributed by atoms with Gasteiger partial charge in [-0.3, -0.25) is 4.79 Å². The van der Waals surface area contributed by atoms with Gasteiger partial charge in [-0.25, -0.2) is 0 Å². The van der Waals surface area contributed by atoms with Gasteiger partial charge in [0.1, 0.15) is 5.75 Å². The molecule has 0 amide bonds. The highest BCUT2D eigenvalue weighted by Gasteiger charge is 2.18. The fraction of sp³-hybridized carbons (Fsp3) is 0.533. The first-order chi connectivity index (χ1) is 9.15. The van der Waals surface area contributed by atoms with E-state index in [9.17, 15) is 13.6 Å². The second kappa shape index (κ2) is 6.64. The quantitative estimate of drug-likeness (QED) is 0.738. The molecule has 0 saturated heterocycles. The summed E-state index contributed by atoms with van der Waals surface area (Å²) in [7, 11) is 0. The van der Waals surface area contributed by atoms with E-state index < -0.39 is 6.61 Å². The second-order valence-electron chi connectivity index (χ2n) is 5.04. The summed E-state index contributed by atoms with van der Waals surface area (Å²) in [5.74, 6) is 0.511. The Labute approximate surface area is 111 Å². The highest BCUT2D eigenvalue weighted by molar-refractivity contribution is 5.96. The van der Waals surface area contributed by atoms with Crippen molar-refractivity contribution in [2.24, 2.45) is 5.92 Å². The van der Waals surface area contributed by atoms with Crippen LogP contribution in [0.25, 0.3) is 0 Å². The van der Waals surface area contributed by atoms with E-state index in [2.05, 4.69) is 4.74 Å². The first-order valence-electron chi connectivity index (χ1n) is 6.73. The molecule has 0 N–H and O–H groups in total. The second-order valence-corrected chi connectivity index (χ2v) is 5.04. The van der Waals surface area contributed by atoms with E-state index in [1.54, 1.807) is 12.1 Å². The van der Waals surface area contributed by atoms with Gasteiger partial charge in [0.2, 0.25) is 0 Å². The normalized spacial score (nSPS) is 16.6. The number of carbonyl (C=O) groups excluding carboxylic acids is 1. The fourth-order valence-electron chi connectivity index (χ4n) is 2.62. The van der Waals surface area contributed by atoms with Gasteiger partial charge in [0.25, 0.3) is 0 Å². The third kappa shape index (κ3) is 4.30. The van der Waals surface area contributed by atoms with Crippen molar-refractivity contribution >= 4 is 5.78 Å². The minimum Gasteiger partial charge on any atom is -0.435 e. The standard InChI is InChI=1S/C15H18F2O2/c16-15(17)19-13-8-4-7-12(10-13)14(18)9-11-5-2-1-3-6-11/h4,7-8,10-11,15H,1-3,5-6,9H2. The van der Waals surface area contributed by atoms with E-state index in [0.29, 0.717) is 17.9 Å². The van der Waals surface area contributed by atoms with Gasteiger partial charge < -0.3 is 4.74 Å². The molecular weight excluding hydrogens is 250 g/mol. The van der Waals surface area contributed by atoms with Crippen molar-refractivity contribution in [3.63, 3.8) is 0 Å². The number of benzene rings is 1. The summed E-state index contributed by atoms with van der Waals surface area (Å²) >= 11 is 0. The maximum Gasteiger partial charge on any atom is 0.387 e. The lowest BCUT2D eigenvalue weighted by Crippen LogP contribution is -2.12. The van der Waals surface area contributed by atoms with Gasteiger partial charge in [-0.15, -0.1) is 0 Å². The number of rotatable bonds is 5. The summed E-state index contributed by atoms with van der Waals surface area (Å²) in [6.07, 6.45) is 6.33. The van der Waals surface area contributed by atoms with Crippen molar-refractivity contribution in [1.29, 1.82) is 0 Å². The number of ketones is 1. The van der Waals surface area contributed by atoms with Crippen LogP contribution in [-0.4, -0.2) is 12.4 Å². The van der Waals surface area contributed by atoms with Gasteiger partial charge in [0, 0.05) is 12.0 Å². The third-order valence-corrected chi connectivity index (χ3v) is 3.58. The van der Waals surface area contributed by atoms with Crippen molar-refractivity contribution in [2.45, 2.75) is 45.1 Å². The molecule has 2 nitrogen and oxygen atoms in total. The maximum absolute atomic E-state index is 12.1. The molecule has 1 aliphatic carbocycles. The molecule has 0 heterocycles. The molecule has 2 rings (SSSR count). The predicted octanol–water partition coefficient (Wildman–Crippen LogP) is 4.44. The van der Waals surface area contributed by atoms with Crippen LogP contribution in [-0.2, 0) is 0 Å². The maximum atomic E-state index is 12.1. The highest BCUT2D eigenvalue weighted by atomic mass is 19.3. The molecule has 0 spiro atoms. The molecule has 4 heteroatoms. The zero-order valence-electron chi connectivity index (χ0n) is 10.8. The Morgan fingerprint density at radius 1 is 1.26 bits per heavy atom. The Morgan fingerprint density at radius 2 is 2.00 bits per heavy atom. The number of hydrogen-bond donors (Lipinski definition) is 0. The zero-order valence-corrected chi connectivity index (χ0v) is 10.8. The molecule has 1 aliphatic rings. The van der Waals surface area contributed by atoms with Crippen LogP contribution in [0.2, 0.25) is 0 Å². The van der Waals surface area contributed by atoms with Gasteiger partial charge in [0.05, 0.1) is 0 Å². The molecule has 19 heavy (non-hydrogen) atoms. The van der Waals surface area contributed by atoms with Crippen LogP contribution in [0.1, 0.15) is 48.9 Å². The number of ether oxygens (including phenoxy) is 1. The average Bonchev–Trinajstić information content (AvgIpc) is 2.39. The van der Waals surface area contributed by atoms with Gasteiger partial charge in [0.15, 0.2) is 5.78 Å². The molecule has 104 valence electrons. The molecule has 1 fully saturated rings. The van der Waals surface area contributed by atoms with Gasteiger partial charge >= 0.3 is 6.61 Å². The van der Waals surface area contributed by atoms with Crippen LogP contribution in [0, 0.1) is 5.92 Å². The lowest BCUT2D eigenvalue weighted by Gasteiger charge is -2.20. The van der Waals surface area contributed by atoms with Gasteiger partial charge in [-0.05, 0) is 18.1 Å². The number of carbonyl (C=O) groups is 1. The van der Waals surface area contributed by atoms with Gasteiger partial charge in [-0.1, -0.05) is 44.2 Å². The van der Waals surface area contributed by atoms with E-state index in [-0.39, 0.29) is 11.5 Å². The topological polar surface area (TPSA) is 26.3 Å². The lowest BCUT2D eigenvalue weighted by atomic mass is 9.85. The number of halogens is 2. The largest absolute Gasteiger partial charge is 0.435 e. The van der Waals surface area contributed by atoms with Crippen molar-refractivity contribution in [3.05, 3.63) is 29.8 Å². The Kier molecular flexibility index (Phi) is 4.88. The molecule has 0 radical (unpaired) electrons. The lowest BCUT2D eigenvalue weighted by molar-refractivity contribution is -0.0498. The Morgan fingerprint density at radius 3 is 2.68 bits per heavy atom. The first kappa shape index (κ1) is 14.0. The monoisotopic (exact) mass is 268 g/mol. The Balaban J connectivity index is 1.97. The van der Waals surface area contributed by atoms with E-state index in [4.69, 9.17) is 0 Å². The summed E-state index contributed by atoms with van der Waals surface area (Å²) in [5, 5.41) is 0. The molecule has 0 aliphatic heterocycles. The third-order valence-electron chi connectivity index (χ3n) is 3.58. The smallest absolute Gasteiger partial charge is 0.387 e. The predicted molar refractivity (Wildman–Crippen MR) is 68.6 cm³/mol. The molecule has 1 saturated carbocycles.